The van der Waals surface area contributed by atoms with Crippen LogP contribution in [0.4, 0.5) is 11.6 Å². The third-order valence-electron chi connectivity index (χ3n) is 4.84. The fourth-order valence-electron chi connectivity index (χ4n) is 3.43. The lowest BCUT2D eigenvalue weighted by molar-refractivity contribution is 0.0998. The number of nitrogens with zero attached hydrogens (tertiary/aromatic N) is 4. The highest BCUT2D eigenvalue weighted by atomic mass is 32.2. The molecule has 8 heteroatoms. The fraction of sp³-hybridized carbons (Fsp3) is 0.320. The molecule has 0 bridgehead atoms. The maximum absolute atomic E-state index is 13.4. The van der Waals surface area contributed by atoms with E-state index in [0.29, 0.717) is 30.3 Å². The molecular weight excluding hydrogens is 436 g/mol. The molecule has 33 heavy (non-hydrogen) atoms. The van der Waals surface area contributed by atoms with Gasteiger partial charge in [-0.3, -0.25) is 4.79 Å². The van der Waals surface area contributed by atoms with E-state index >= 15 is 0 Å². The monoisotopic (exact) mass is 466 g/mol. The summed E-state index contributed by atoms with van der Waals surface area (Å²) in [6.07, 6.45) is 3.21. The molecule has 174 valence electrons. The van der Waals surface area contributed by atoms with E-state index in [1.807, 2.05) is 27.7 Å². The summed E-state index contributed by atoms with van der Waals surface area (Å²) >= 11 is 0. The minimum atomic E-state index is -3.67. The number of hydrogen-bond acceptors (Lipinski definition) is 5. The van der Waals surface area contributed by atoms with E-state index in [4.69, 9.17) is 0 Å². The minimum Gasteiger partial charge on any atom is -0.268 e. The average molecular weight is 467 g/mol. The normalized spacial score (nSPS) is 11.8. The van der Waals surface area contributed by atoms with Crippen molar-refractivity contribution in [3.8, 4) is 0 Å². The van der Waals surface area contributed by atoms with Crippen molar-refractivity contribution in [2.24, 2.45) is 11.8 Å². The number of carbonyl (C=O) groups is 1. The number of amides is 1. The standard InChI is InChI=1S/C25H30N4O3S/c1-19(2)17-28(18-20(3)4)33(31,32)22-13-11-21(12-14-22)25(30)29(23-9-5-7-15-26-23)24-10-6-8-16-27-24/h5-16,19-20H,17-18H2,1-4H3. The quantitative estimate of drug-likeness (QED) is 0.454. The number of pyridine rings is 2. The summed E-state index contributed by atoms with van der Waals surface area (Å²) < 4.78 is 28.1. The van der Waals surface area contributed by atoms with Gasteiger partial charge in [0.25, 0.3) is 5.91 Å². The largest absolute Gasteiger partial charge is 0.268 e. The molecule has 7 nitrogen and oxygen atoms in total. The van der Waals surface area contributed by atoms with Gasteiger partial charge >= 0.3 is 0 Å². The molecule has 0 radical (unpaired) electrons. The lowest BCUT2D eigenvalue weighted by Crippen LogP contribution is -2.37. The van der Waals surface area contributed by atoms with Gasteiger partial charge in [0.05, 0.1) is 4.90 Å². The van der Waals surface area contributed by atoms with Crippen molar-refractivity contribution in [1.82, 2.24) is 14.3 Å². The zero-order valence-corrected chi connectivity index (χ0v) is 20.2. The van der Waals surface area contributed by atoms with E-state index < -0.39 is 10.0 Å². The maximum atomic E-state index is 13.4. The first-order chi connectivity index (χ1) is 15.7. The molecule has 3 aromatic rings. The van der Waals surface area contributed by atoms with Gasteiger partial charge in [-0.1, -0.05) is 39.8 Å². The Morgan fingerprint density at radius 1 is 0.788 bits per heavy atom. The molecule has 0 aliphatic carbocycles. The average Bonchev–Trinajstić information content (AvgIpc) is 2.79. The summed E-state index contributed by atoms with van der Waals surface area (Å²) in [7, 11) is -3.67. The Balaban J connectivity index is 1.94. The molecule has 3 rings (SSSR count). The second-order valence-corrected chi connectivity index (χ2v) is 10.6. The molecule has 0 saturated carbocycles. The van der Waals surface area contributed by atoms with Crippen molar-refractivity contribution in [2.45, 2.75) is 32.6 Å². The zero-order chi connectivity index (χ0) is 24.0. The Labute approximate surface area is 196 Å². The van der Waals surface area contributed by atoms with E-state index in [-0.39, 0.29) is 22.6 Å². The van der Waals surface area contributed by atoms with Gasteiger partial charge in [-0.2, -0.15) is 4.31 Å². The van der Waals surface area contributed by atoms with Gasteiger partial charge in [0, 0.05) is 31.0 Å². The zero-order valence-electron chi connectivity index (χ0n) is 19.4. The number of anilines is 2. The molecule has 0 unspecified atom stereocenters. The molecule has 0 N–H and O–H groups in total. The number of benzene rings is 1. The molecule has 0 spiro atoms. The van der Waals surface area contributed by atoms with E-state index in [2.05, 4.69) is 9.97 Å². The first-order valence-electron chi connectivity index (χ1n) is 11.0. The highest BCUT2D eigenvalue weighted by Gasteiger charge is 2.27. The molecular formula is C25H30N4O3S. The van der Waals surface area contributed by atoms with E-state index in [0.717, 1.165) is 0 Å². The van der Waals surface area contributed by atoms with Crippen molar-refractivity contribution >= 4 is 27.6 Å². The molecule has 2 aromatic heterocycles. The first kappa shape index (κ1) is 24.5. The van der Waals surface area contributed by atoms with Crippen molar-refractivity contribution in [3.05, 3.63) is 78.6 Å². The van der Waals surface area contributed by atoms with Crippen LogP contribution >= 0.6 is 0 Å². The van der Waals surface area contributed by atoms with Gasteiger partial charge in [0.2, 0.25) is 10.0 Å². The second-order valence-electron chi connectivity index (χ2n) is 8.65. The topological polar surface area (TPSA) is 83.5 Å². The van der Waals surface area contributed by atoms with Crippen LogP contribution in [0.3, 0.4) is 0 Å². The van der Waals surface area contributed by atoms with Gasteiger partial charge in [0.15, 0.2) is 0 Å². The van der Waals surface area contributed by atoms with Crippen LogP contribution < -0.4 is 4.90 Å². The van der Waals surface area contributed by atoms with Crippen molar-refractivity contribution < 1.29 is 13.2 Å². The van der Waals surface area contributed by atoms with Gasteiger partial charge in [-0.05, 0) is 60.4 Å². The number of hydrogen-bond donors (Lipinski definition) is 0. The molecule has 2 heterocycles. The van der Waals surface area contributed by atoms with E-state index in [1.165, 1.54) is 33.5 Å². The lowest BCUT2D eigenvalue weighted by atomic mass is 10.2. The van der Waals surface area contributed by atoms with Crippen LogP contribution in [0, 0.1) is 11.8 Å². The second kappa shape index (κ2) is 10.7. The predicted octanol–water partition coefficient (Wildman–Crippen LogP) is 4.76. The fourth-order valence-corrected chi connectivity index (χ4v) is 5.20. The third-order valence-corrected chi connectivity index (χ3v) is 6.68. The number of carbonyl (C=O) groups excluding carboxylic acids is 1. The molecule has 0 fully saturated rings. The smallest absolute Gasteiger partial charge is 0.265 e. The predicted molar refractivity (Wildman–Crippen MR) is 130 cm³/mol. The molecule has 0 aliphatic heterocycles. The lowest BCUT2D eigenvalue weighted by Gasteiger charge is -2.26. The number of sulfonamides is 1. The Kier molecular flexibility index (Phi) is 7.94. The molecule has 0 saturated heterocycles. The van der Waals surface area contributed by atoms with Crippen molar-refractivity contribution in [3.63, 3.8) is 0 Å². The maximum Gasteiger partial charge on any atom is 0.265 e. The van der Waals surface area contributed by atoms with Crippen molar-refractivity contribution in [2.75, 3.05) is 18.0 Å². The van der Waals surface area contributed by atoms with Crippen LogP contribution in [-0.4, -0.2) is 41.7 Å². The molecule has 1 aromatic carbocycles. The summed E-state index contributed by atoms with van der Waals surface area (Å²) in [4.78, 5) is 23.6. The Morgan fingerprint density at radius 3 is 1.67 bits per heavy atom. The third kappa shape index (κ3) is 6.03. The summed E-state index contributed by atoms with van der Waals surface area (Å²) in [5.41, 5.74) is 0.338. The van der Waals surface area contributed by atoms with Crippen LogP contribution in [0.5, 0.6) is 0 Å². The van der Waals surface area contributed by atoms with E-state index in [1.54, 1.807) is 48.8 Å². The van der Waals surface area contributed by atoms with Crippen LogP contribution in [0.1, 0.15) is 38.1 Å². The Hall–Kier alpha value is -3.10. The minimum absolute atomic E-state index is 0.169. The Bertz CT molecular complexity index is 1100. The molecule has 0 atom stereocenters. The SMILES string of the molecule is CC(C)CN(CC(C)C)S(=O)(=O)c1ccc(C(=O)N(c2ccccn2)c2ccccn2)cc1. The van der Waals surface area contributed by atoms with Gasteiger partial charge in [-0.15, -0.1) is 0 Å². The summed E-state index contributed by atoms with van der Waals surface area (Å²) in [5, 5.41) is 0. The van der Waals surface area contributed by atoms with Crippen LogP contribution in [0.15, 0.2) is 78.0 Å². The Morgan fingerprint density at radius 2 is 1.27 bits per heavy atom. The van der Waals surface area contributed by atoms with Crippen LogP contribution in [0.2, 0.25) is 0 Å². The first-order valence-corrected chi connectivity index (χ1v) is 12.4. The summed E-state index contributed by atoms with van der Waals surface area (Å²) in [5.74, 6) is 0.905. The summed E-state index contributed by atoms with van der Waals surface area (Å²) in [6.45, 7) is 8.86. The van der Waals surface area contributed by atoms with Gasteiger partial charge in [-0.25, -0.2) is 23.3 Å². The van der Waals surface area contributed by atoms with Crippen LogP contribution in [-0.2, 0) is 10.0 Å². The number of rotatable bonds is 9. The van der Waals surface area contributed by atoms with Gasteiger partial charge in [0.1, 0.15) is 11.6 Å². The highest BCUT2D eigenvalue weighted by Crippen LogP contribution is 2.25. The van der Waals surface area contributed by atoms with Gasteiger partial charge < -0.3 is 0 Å². The highest BCUT2D eigenvalue weighted by molar-refractivity contribution is 7.89. The van der Waals surface area contributed by atoms with Crippen LogP contribution in [0.25, 0.3) is 0 Å². The molecule has 1 amide bonds. The number of aromatic nitrogens is 2. The molecule has 0 aliphatic rings. The summed E-state index contributed by atoms with van der Waals surface area (Å²) in [6, 6.07) is 16.6. The van der Waals surface area contributed by atoms with Crippen molar-refractivity contribution in [1.29, 1.82) is 0 Å². The van der Waals surface area contributed by atoms with E-state index in [9.17, 15) is 13.2 Å².